The van der Waals surface area contributed by atoms with Crippen LogP contribution in [0.4, 0.5) is 0 Å². The first-order valence-corrected chi connectivity index (χ1v) is 4.58. The van der Waals surface area contributed by atoms with E-state index in [1.807, 2.05) is 0 Å². The summed E-state index contributed by atoms with van der Waals surface area (Å²) in [5, 5.41) is 11.8. The van der Waals surface area contributed by atoms with Gasteiger partial charge in [0.2, 0.25) is 0 Å². The van der Waals surface area contributed by atoms with Crippen LogP contribution >= 0.6 is 0 Å². The Morgan fingerprint density at radius 3 is 2.50 bits per heavy atom. The Labute approximate surface area is 75.1 Å². The maximum Gasteiger partial charge on any atom is 0.0698 e. The summed E-state index contributed by atoms with van der Waals surface area (Å²) in [7, 11) is 0. The van der Waals surface area contributed by atoms with Crippen molar-refractivity contribution in [1.29, 1.82) is 0 Å². The summed E-state index contributed by atoms with van der Waals surface area (Å²) >= 11 is 0. The van der Waals surface area contributed by atoms with Gasteiger partial charge in [-0.05, 0) is 19.4 Å². The molecule has 1 atom stereocenters. The molecule has 2 N–H and O–H groups in total. The zero-order valence-corrected chi connectivity index (χ0v) is 8.34. The Balaban J connectivity index is 3.15. The highest BCUT2D eigenvalue weighted by Gasteiger charge is 2.01. The third kappa shape index (κ3) is 7.98. The standard InChI is InChI=1S/C9H21NO2/c1-8(2)6-10-9(3)7-12-5-4-11/h8-11H,4-7H2,1-3H3. The Hall–Kier alpha value is -0.120. The Kier molecular flexibility index (Phi) is 7.45. The van der Waals surface area contributed by atoms with Crippen LogP contribution in [-0.4, -0.2) is 37.5 Å². The van der Waals surface area contributed by atoms with Gasteiger partial charge in [0.05, 0.1) is 19.8 Å². The molecule has 0 saturated heterocycles. The smallest absolute Gasteiger partial charge is 0.0698 e. The monoisotopic (exact) mass is 175 g/mol. The van der Waals surface area contributed by atoms with E-state index in [4.69, 9.17) is 9.84 Å². The molecule has 74 valence electrons. The average molecular weight is 175 g/mol. The van der Waals surface area contributed by atoms with Gasteiger partial charge in [0.25, 0.3) is 0 Å². The van der Waals surface area contributed by atoms with E-state index < -0.39 is 0 Å². The highest BCUT2D eigenvalue weighted by molar-refractivity contribution is 4.60. The summed E-state index contributed by atoms with van der Waals surface area (Å²) in [4.78, 5) is 0. The van der Waals surface area contributed by atoms with Crippen molar-refractivity contribution in [2.75, 3.05) is 26.4 Å². The van der Waals surface area contributed by atoms with E-state index in [0.717, 1.165) is 6.54 Å². The van der Waals surface area contributed by atoms with E-state index in [2.05, 4.69) is 26.1 Å². The lowest BCUT2D eigenvalue weighted by Crippen LogP contribution is -2.33. The van der Waals surface area contributed by atoms with Gasteiger partial charge < -0.3 is 15.2 Å². The Morgan fingerprint density at radius 1 is 1.33 bits per heavy atom. The van der Waals surface area contributed by atoms with Crippen molar-refractivity contribution >= 4 is 0 Å². The highest BCUT2D eigenvalue weighted by Crippen LogP contribution is 1.90. The van der Waals surface area contributed by atoms with Crippen LogP contribution in [0.15, 0.2) is 0 Å². The molecular formula is C9H21NO2. The second kappa shape index (κ2) is 7.53. The quantitative estimate of drug-likeness (QED) is 0.558. The minimum absolute atomic E-state index is 0.108. The summed E-state index contributed by atoms with van der Waals surface area (Å²) in [5.74, 6) is 0.672. The van der Waals surface area contributed by atoms with E-state index in [1.54, 1.807) is 0 Å². The van der Waals surface area contributed by atoms with Gasteiger partial charge in [-0.1, -0.05) is 13.8 Å². The second-order valence-corrected chi connectivity index (χ2v) is 3.50. The first kappa shape index (κ1) is 11.9. The van der Waals surface area contributed by atoms with Crippen LogP contribution in [-0.2, 0) is 4.74 Å². The number of rotatable bonds is 7. The molecule has 0 spiro atoms. The zero-order chi connectivity index (χ0) is 9.40. The number of nitrogens with one attached hydrogen (secondary N) is 1. The van der Waals surface area contributed by atoms with Crippen molar-refractivity contribution in [3.05, 3.63) is 0 Å². The van der Waals surface area contributed by atoms with Crippen molar-refractivity contribution < 1.29 is 9.84 Å². The molecule has 0 radical (unpaired) electrons. The molecule has 0 saturated carbocycles. The SMILES string of the molecule is CC(C)CNC(C)COCCO. The van der Waals surface area contributed by atoms with E-state index >= 15 is 0 Å². The lowest BCUT2D eigenvalue weighted by Gasteiger charge is -2.15. The predicted octanol–water partition coefficient (Wildman–Crippen LogP) is 0.629. The van der Waals surface area contributed by atoms with E-state index in [9.17, 15) is 0 Å². The molecule has 0 bridgehead atoms. The maximum absolute atomic E-state index is 8.45. The molecule has 0 rings (SSSR count). The van der Waals surface area contributed by atoms with Crippen LogP contribution < -0.4 is 5.32 Å². The fourth-order valence-electron chi connectivity index (χ4n) is 0.820. The third-order valence-corrected chi connectivity index (χ3v) is 1.48. The van der Waals surface area contributed by atoms with Gasteiger partial charge in [0, 0.05) is 6.04 Å². The normalized spacial score (nSPS) is 13.8. The molecule has 0 amide bonds. The van der Waals surface area contributed by atoms with E-state index in [1.165, 1.54) is 0 Å². The van der Waals surface area contributed by atoms with Crippen LogP contribution in [0.2, 0.25) is 0 Å². The summed E-state index contributed by atoms with van der Waals surface area (Å²) in [5.41, 5.74) is 0. The molecule has 0 aromatic carbocycles. The van der Waals surface area contributed by atoms with Gasteiger partial charge in [0.15, 0.2) is 0 Å². The first-order chi connectivity index (χ1) is 5.66. The molecular weight excluding hydrogens is 154 g/mol. The molecule has 0 heterocycles. The molecule has 0 fully saturated rings. The molecule has 0 aromatic rings. The maximum atomic E-state index is 8.45. The Bertz CT molecular complexity index is 96.5. The molecule has 0 aliphatic rings. The molecule has 3 heteroatoms. The van der Waals surface area contributed by atoms with Crippen molar-refractivity contribution in [2.45, 2.75) is 26.8 Å². The molecule has 0 aliphatic heterocycles. The fourth-order valence-corrected chi connectivity index (χ4v) is 0.820. The van der Waals surface area contributed by atoms with E-state index in [0.29, 0.717) is 25.2 Å². The van der Waals surface area contributed by atoms with Crippen molar-refractivity contribution in [3.8, 4) is 0 Å². The lowest BCUT2D eigenvalue weighted by atomic mass is 10.2. The van der Waals surface area contributed by atoms with Gasteiger partial charge in [-0.25, -0.2) is 0 Å². The second-order valence-electron chi connectivity index (χ2n) is 3.50. The van der Waals surface area contributed by atoms with Gasteiger partial charge >= 0.3 is 0 Å². The molecule has 0 aromatic heterocycles. The number of hydrogen-bond acceptors (Lipinski definition) is 3. The highest BCUT2D eigenvalue weighted by atomic mass is 16.5. The fraction of sp³-hybridized carbons (Fsp3) is 1.00. The minimum atomic E-state index is 0.108. The average Bonchev–Trinajstić information content (AvgIpc) is 2.01. The topological polar surface area (TPSA) is 41.5 Å². The van der Waals surface area contributed by atoms with Crippen LogP contribution in [0.25, 0.3) is 0 Å². The van der Waals surface area contributed by atoms with Crippen molar-refractivity contribution in [1.82, 2.24) is 5.32 Å². The number of aliphatic hydroxyl groups is 1. The number of ether oxygens (including phenoxy) is 1. The van der Waals surface area contributed by atoms with Crippen molar-refractivity contribution in [2.24, 2.45) is 5.92 Å². The van der Waals surface area contributed by atoms with Crippen molar-refractivity contribution in [3.63, 3.8) is 0 Å². The Morgan fingerprint density at radius 2 is 2.00 bits per heavy atom. The number of aliphatic hydroxyl groups excluding tert-OH is 1. The molecule has 0 aliphatic carbocycles. The summed E-state index contributed by atoms with van der Waals surface area (Å²) in [6.45, 7) is 8.67. The summed E-state index contributed by atoms with van der Waals surface area (Å²) in [6.07, 6.45) is 0. The number of hydrogen-bond donors (Lipinski definition) is 2. The minimum Gasteiger partial charge on any atom is -0.394 e. The van der Waals surface area contributed by atoms with Crippen LogP contribution in [0.1, 0.15) is 20.8 Å². The third-order valence-electron chi connectivity index (χ3n) is 1.48. The summed E-state index contributed by atoms with van der Waals surface area (Å²) in [6, 6.07) is 0.374. The zero-order valence-electron chi connectivity index (χ0n) is 8.34. The molecule has 1 unspecified atom stereocenters. The largest absolute Gasteiger partial charge is 0.394 e. The van der Waals surface area contributed by atoms with Gasteiger partial charge in [0.1, 0.15) is 0 Å². The van der Waals surface area contributed by atoms with E-state index in [-0.39, 0.29) is 6.61 Å². The van der Waals surface area contributed by atoms with Crippen LogP contribution in [0, 0.1) is 5.92 Å². The van der Waals surface area contributed by atoms with Gasteiger partial charge in [-0.3, -0.25) is 0 Å². The van der Waals surface area contributed by atoms with Gasteiger partial charge in [-0.2, -0.15) is 0 Å². The molecule has 12 heavy (non-hydrogen) atoms. The summed E-state index contributed by atoms with van der Waals surface area (Å²) < 4.78 is 5.16. The first-order valence-electron chi connectivity index (χ1n) is 4.58. The lowest BCUT2D eigenvalue weighted by molar-refractivity contribution is 0.0792. The predicted molar refractivity (Wildman–Crippen MR) is 50.2 cm³/mol. The van der Waals surface area contributed by atoms with Crippen LogP contribution in [0.3, 0.4) is 0 Å². The van der Waals surface area contributed by atoms with Gasteiger partial charge in [-0.15, -0.1) is 0 Å². The molecule has 3 nitrogen and oxygen atoms in total. The van der Waals surface area contributed by atoms with Crippen LogP contribution in [0.5, 0.6) is 0 Å².